The van der Waals surface area contributed by atoms with Crippen molar-refractivity contribution in [1.29, 1.82) is 0 Å². The second-order valence-corrected chi connectivity index (χ2v) is 4.68. The highest BCUT2D eigenvalue weighted by Crippen LogP contribution is 2.23. The first kappa shape index (κ1) is 15.2. The summed E-state index contributed by atoms with van der Waals surface area (Å²) >= 11 is 0. The number of anilines is 1. The van der Waals surface area contributed by atoms with Crippen LogP contribution in [-0.4, -0.2) is 57.5 Å². The molecule has 6 heteroatoms. The van der Waals surface area contributed by atoms with Gasteiger partial charge in [0, 0.05) is 40.9 Å². The first-order valence-electron chi connectivity index (χ1n) is 6.81. The van der Waals surface area contributed by atoms with Crippen LogP contribution in [0, 0.1) is 0 Å². The lowest BCUT2D eigenvalue weighted by molar-refractivity contribution is -0.109. The summed E-state index contributed by atoms with van der Waals surface area (Å²) < 4.78 is 16.1. The maximum atomic E-state index is 5.38. The minimum atomic E-state index is -0.445. The highest BCUT2D eigenvalue weighted by molar-refractivity contribution is 5.38. The fraction of sp³-hybridized carbons (Fsp3) is 0.643. The van der Waals surface area contributed by atoms with E-state index < -0.39 is 6.29 Å². The predicted octanol–water partition coefficient (Wildman–Crippen LogP) is 1.25. The van der Waals surface area contributed by atoms with E-state index in [0.717, 1.165) is 49.9 Å². The molecule has 0 aliphatic carbocycles. The highest BCUT2D eigenvalue weighted by Gasteiger charge is 2.19. The Balaban J connectivity index is 2.20. The van der Waals surface area contributed by atoms with Crippen molar-refractivity contribution in [2.45, 2.75) is 12.8 Å². The maximum Gasteiger partial charge on any atom is 0.200 e. The molecule has 1 aromatic rings. The predicted molar refractivity (Wildman–Crippen MR) is 76.6 cm³/mol. The molecule has 0 amide bonds. The average Bonchev–Trinajstić information content (AvgIpc) is 2.51. The van der Waals surface area contributed by atoms with Gasteiger partial charge in [0.05, 0.1) is 13.2 Å². The molecule has 0 atom stereocenters. The first-order chi connectivity index (χ1) is 9.78. The highest BCUT2D eigenvalue weighted by atomic mass is 16.7. The SMILES string of the molecule is CNc1ccc(CN2CCOCC2)c(C(OC)OC)n1. The van der Waals surface area contributed by atoms with Crippen LogP contribution in [0.2, 0.25) is 0 Å². The van der Waals surface area contributed by atoms with E-state index in [9.17, 15) is 0 Å². The molecule has 0 saturated carbocycles. The van der Waals surface area contributed by atoms with Crippen molar-refractivity contribution >= 4 is 5.82 Å². The standard InChI is InChI=1S/C14H23N3O3/c1-15-12-5-4-11(10-17-6-8-20-9-7-17)13(16-12)14(18-2)19-3/h4-5,14H,6-10H2,1-3H3,(H,15,16). The molecule has 0 spiro atoms. The molecular weight excluding hydrogens is 258 g/mol. The zero-order chi connectivity index (χ0) is 14.4. The van der Waals surface area contributed by atoms with Gasteiger partial charge in [-0.1, -0.05) is 6.07 Å². The first-order valence-corrected chi connectivity index (χ1v) is 6.81. The Hall–Kier alpha value is -1.21. The Morgan fingerprint density at radius 2 is 2.00 bits per heavy atom. The van der Waals surface area contributed by atoms with Crippen molar-refractivity contribution in [3.63, 3.8) is 0 Å². The van der Waals surface area contributed by atoms with Crippen LogP contribution in [0.15, 0.2) is 12.1 Å². The number of nitrogens with zero attached hydrogens (tertiary/aromatic N) is 2. The van der Waals surface area contributed by atoms with Gasteiger partial charge in [0.25, 0.3) is 0 Å². The number of hydrogen-bond donors (Lipinski definition) is 1. The minimum Gasteiger partial charge on any atom is -0.379 e. The van der Waals surface area contributed by atoms with E-state index in [4.69, 9.17) is 14.2 Å². The molecule has 20 heavy (non-hydrogen) atoms. The largest absolute Gasteiger partial charge is 0.379 e. The summed E-state index contributed by atoms with van der Waals surface area (Å²) in [6.45, 7) is 4.29. The quantitative estimate of drug-likeness (QED) is 0.792. The van der Waals surface area contributed by atoms with Gasteiger partial charge in [-0.15, -0.1) is 0 Å². The third-order valence-corrected chi connectivity index (χ3v) is 3.42. The fourth-order valence-electron chi connectivity index (χ4n) is 2.30. The molecule has 6 nitrogen and oxygen atoms in total. The number of ether oxygens (including phenoxy) is 3. The molecule has 2 heterocycles. The monoisotopic (exact) mass is 281 g/mol. The van der Waals surface area contributed by atoms with Crippen LogP contribution in [0.4, 0.5) is 5.82 Å². The Morgan fingerprint density at radius 1 is 1.30 bits per heavy atom. The van der Waals surface area contributed by atoms with Gasteiger partial charge in [0.15, 0.2) is 0 Å². The molecule has 1 aromatic heterocycles. The second-order valence-electron chi connectivity index (χ2n) is 4.68. The number of aromatic nitrogens is 1. The smallest absolute Gasteiger partial charge is 0.200 e. The van der Waals surface area contributed by atoms with Gasteiger partial charge in [-0.3, -0.25) is 4.90 Å². The van der Waals surface area contributed by atoms with Crippen LogP contribution in [0.25, 0.3) is 0 Å². The minimum absolute atomic E-state index is 0.445. The van der Waals surface area contributed by atoms with Gasteiger partial charge < -0.3 is 19.5 Å². The molecule has 1 aliphatic rings. The number of morpholine rings is 1. The molecule has 2 rings (SSSR count). The summed E-state index contributed by atoms with van der Waals surface area (Å²) in [6.07, 6.45) is -0.445. The lowest BCUT2D eigenvalue weighted by Crippen LogP contribution is -2.36. The van der Waals surface area contributed by atoms with E-state index in [-0.39, 0.29) is 0 Å². The Bertz CT molecular complexity index is 418. The van der Waals surface area contributed by atoms with Crippen LogP contribution in [0.3, 0.4) is 0 Å². The lowest BCUT2D eigenvalue weighted by Gasteiger charge is -2.28. The molecule has 1 fully saturated rings. The van der Waals surface area contributed by atoms with Crippen molar-refractivity contribution in [3.8, 4) is 0 Å². The Labute approximate surface area is 120 Å². The fourth-order valence-corrected chi connectivity index (χ4v) is 2.30. The van der Waals surface area contributed by atoms with Gasteiger partial charge in [0.1, 0.15) is 11.5 Å². The van der Waals surface area contributed by atoms with E-state index in [1.807, 2.05) is 13.1 Å². The zero-order valence-corrected chi connectivity index (χ0v) is 12.4. The number of methoxy groups -OCH3 is 2. The number of nitrogens with one attached hydrogen (secondary N) is 1. The normalized spacial score (nSPS) is 16.6. The van der Waals surface area contributed by atoms with E-state index in [1.54, 1.807) is 14.2 Å². The molecule has 1 saturated heterocycles. The van der Waals surface area contributed by atoms with Crippen molar-refractivity contribution in [3.05, 3.63) is 23.4 Å². The van der Waals surface area contributed by atoms with Crippen LogP contribution in [-0.2, 0) is 20.8 Å². The van der Waals surface area contributed by atoms with Crippen LogP contribution < -0.4 is 5.32 Å². The van der Waals surface area contributed by atoms with Crippen molar-refractivity contribution in [1.82, 2.24) is 9.88 Å². The van der Waals surface area contributed by atoms with E-state index in [0.29, 0.717) is 0 Å². The average molecular weight is 281 g/mol. The zero-order valence-electron chi connectivity index (χ0n) is 12.4. The summed E-state index contributed by atoms with van der Waals surface area (Å²) in [6, 6.07) is 4.05. The molecular formula is C14H23N3O3. The van der Waals surface area contributed by atoms with Crippen LogP contribution in [0.5, 0.6) is 0 Å². The number of rotatable bonds is 6. The van der Waals surface area contributed by atoms with Crippen molar-refractivity contribution in [2.24, 2.45) is 0 Å². The molecule has 0 unspecified atom stereocenters. The Morgan fingerprint density at radius 3 is 2.60 bits per heavy atom. The number of hydrogen-bond acceptors (Lipinski definition) is 6. The van der Waals surface area contributed by atoms with Gasteiger partial charge >= 0.3 is 0 Å². The van der Waals surface area contributed by atoms with E-state index >= 15 is 0 Å². The second kappa shape index (κ2) is 7.54. The van der Waals surface area contributed by atoms with Crippen LogP contribution >= 0.6 is 0 Å². The van der Waals surface area contributed by atoms with E-state index in [2.05, 4.69) is 21.3 Å². The Kier molecular flexibility index (Phi) is 5.72. The van der Waals surface area contributed by atoms with Gasteiger partial charge in [0.2, 0.25) is 6.29 Å². The summed E-state index contributed by atoms with van der Waals surface area (Å²) in [4.78, 5) is 6.93. The van der Waals surface area contributed by atoms with Crippen molar-refractivity contribution < 1.29 is 14.2 Å². The maximum absolute atomic E-state index is 5.38. The summed E-state index contributed by atoms with van der Waals surface area (Å²) in [5, 5.41) is 3.05. The summed E-state index contributed by atoms with van der Waals surface area (Å²) in [7, 11) is 5.10. The molecule has 0 radical (unpaired) electrons. The van der Waals surface area contributed by atoms with E-state index in [1.165, 1.54) is 0 Å². The molecule has 112 valence electrons. The third kappa shape index (κ3) is 3.67. The summed E-state index contributed by atoms with van der Waals surface area (Å²) in [5.74, 6) is 0.810. The molecule has 0 aromatic carbocycles. The van der Waals surface area contributed by atoms with Crippen molar-refractivity contribution in [2.75, 3.05) is 52.9 Å². The topological polar surface area (TPSA) is 55.9 Å². The van der Waals surface area contributed by atoms with Crippen LogP contribution in [0.1, 0.15) is 17.5 Å². The van der Waals surface area contributed by atoms with Gasteiger partial charge in [-0.2, -0.15) is 0 Å². The van der Waals surface area contributed by atoms with Gasteiger partial charge in [-0.05, 0) is 11.6 Å². The molecule has 1 N–H and O–H groups in total. The third-order valence-electron chi connectivity index (χ3n) is 3.42. The number of pyridine rings is 1. The molecule has 0 bridgehead atoms. The molecule has 1 aliphatic heterocycles. The van der Waals surface area contributed by atoms with Gasteiger partial charge in [-0.25, -0.2) is 4.98 Å². The lowest BCUT2D eigenvalue weighted by atomic mass is 10.1. The summed E-state index contributed by atoms with van der Waals surface area (Å²) in [5.41, 5.74) is 1.95.